The Labute approximate surface area is 139 Å². The van der Waals surface area contributed by atoms with Crippen molar-refractivity contribution in [3.63, 3.8) is 0 Å². The first-order valence-electron chi connectivity index (χ1n) is 7.76. The molecule has 0 unspecified atom stereocenters. The zero-order chi connectivity index (χ0) is 17.7. The van der Waals surface area contributed by atoms with Gasteiger partial charge in [0.05, 0.1) is 11.7 Å². The molecule has 0 radical (unpaired) electrons. The summed E-state index contributed by atoms with van der Waals surface area (Å²) in [6.07, 6.45) is 3.45. The summed E-state index contributed by atoms with van der Waals surface area (Å²) in [6, 6.07) is 0. The van der Waals surface area contributed by atoms with Crippen molar-refractivity contribution in [3.05, 3.63) is 18.4 Å². The summed E-state index contributed by atoms with van der Waals surface area (Å²) < 4.78 is 7.52. The number of aryl methyl sites for hydroxylation is 1. The second-order valence-corrected chi connectivity index (χ2v) is 7.64. The van der Waals surface area contributed by atoms with Gasteiger partial charge in [0.1, 0.15) is 5.69 Å². The predicted octanol–water partition coefficient (Wildman–Crippen LogP) is 1.19. The maximum atomic E-state index is 12.2. The fourth-order valence-electron chi connectivity index (χ4n) is 2.63. The summed E-state index contributed by atoms with van der Waals surface area (Å²) >= 11 is 0. The molecular formula is C16H21N5O3. The maximum Gasteiger partial charge on any atom is 0.290 e. The van der Waals surface area contributed by atoms with Crippen LogP contribution in [0.2, 0.25) is 0 Å². The van der Waals surface area contributed by atoms with E-state index in [0.717, 1.165) is 0 Å². The lowest BCUT2D eigenvalue weighted by atomic mass is 9.80. The first-order valence-corrected chi connectivity index (χ1v) is 7.76. The lowest BCUT2D eigenvalue weighted by Gasteiger charge is -2.45. The second kappa shape index (κ2) is 5.25. The van der Waals surface area contributed by atoms with Gasteiger partial charge >= 0.3 is 0 Å². The zero-order valence-electron chi connectivity index (χ0n) is 14.5. The number of ketones is 1. The molecule has 128 valence electrons. The van der Waals surface area contributed by atoms with E-state index in [-0.39, 0.29) is 5.78 Å². The van der Waals surface area contributed by atoms with Crippen LogP contribution in [0.15, 0.2) is 16.9 Å². The molecule has 1 saturated heterocycles. The molecular weight excluding hydrogens is 310 g/mol. The first-order chi connectivity index (χ1) is 11.1. The average Bonchev–Trinajstić information content (AvgIpc) is 3.10. The molecule has 0 spiro atoms. The lowest BCUT2D eigenvalue weighted by molar-refractivity contribution is -0.153. The molecule has 2 aromatic rings. The lowest BCUT2D eigenvalue weighted by Crippen LogP contribution is -2.62. The molecule has 0 N–H and O–H groups in total. The molecule has 3 rings (SSSR count). The highest BCUT2D eigenvalue weighted by molar-refractivity contribution is 6.38. The Bertz CT molecular complexity index is 793. The Morgan fingerprint density at radius 1 is 1.25 bits per heavy atom. The highest BCUT2D eigenvalue weighted by Crippen LogP contribution is 2.35. The molecule has 1 fully saturated rings. The fraction of sp³-hybridized carbons (Fsp3) is 0.562. The molecule has 1 aliphatic rings. The number of amides is 1. The van der Waals surface area contributed by atoms with Crippen LogP contribution in [0.5, 0.6) is 0 Å². The topological polar surface area (TPSA) is 94.1 Å². The number of carbonyl (C=O) groups excluding carboxylic acids is 2. The van der Waals surface area contributed by atoms with Crippen molar-refractivity contribution in [1.29, 1.82) is 0 Å². The highest BCUT2D eigenvalue weighted by atomic mass is 16.4. The molecule has 2 aromatic heterocycles. The van der Waals surface area contributed by atoms with Crippen LogP contribution in [0.1, 0.15) is 33.6 Å². The van der Waals surface area contributed by atoms with Crippen molar-refractivity contribution in [2.45, 2.75) is 33.1 Å². The maximum absolute atomic E-state index is 12.2. The van der Waals surface area contributed by atoms with Crippen LogP contribution >= 0.6 is 0 Å². The molecule has 1 aliphatic heterocycles. The number of hydrogen-bond acceptors (Lipinski definition) is 6. The van der Waals surface area contributed by atoms with E-state index >= 15 is 0 Å². The monoisotopic (exact) mass is 331 g/mol. The minimum absolute atomic E-state index is 0.349. The van der Waals surface area contributed by atoms with E-state index in [4.69, 9.17) is 4.42 Å². The largest absolute Gasteiger partial charge is 0.418 e. The van der Waals surface area contributed by atoms with E-state index in [9.17, 15) is 9.59 Å². The van der Waals surface area contributed by atoms with Gasteiger partial charge in [-0.3, -0.25) is 9.59 Å². The molecule has 0 aliphatic carbocycles. The van der Waals surface area contributed by atoms with Gasteiger partial charge in [0.2, 0.25) is 11.7 Å². The van der Waals surface area contributed by atoms with Crippen LogP contribution in [0.25, 0.3) is 11.6 Å². The smallest absolute Gasteiger partial charge is 0.290 e. The number of rotatable bonds is 3. The third-order valence-corrected chi connectivity index (χ3v) is 4.11. The molecule has 0 saturated carbocycles. The highest BCUT2D eigenvalue weighted by Gasteiger charge is 2.49. The molecule has 0 aromatic carbocycles. The summed E-state index contributed by atoms with van der Waals surface area (Å²) in [4.78, 5) is 30.0. The molecule has 1 amide bonds. The van der Waals surface area contributed by atoms with E-state index in [0.29, 0.717) is 30.6 Å². The summed E-state index contributed by atoms with van der Waals surface area (Å²) in [5.41, 5.74) is -0.511. The predicted molar refractivity (Wildman–Crippen MR) is 84.9 cm³/mol. The van der Waals surface area contributed by atoms with Crippen LogP contribution in [-0.2, 0) is 22.1 Å². The number of likely N-dealkylation sites (tertiary alicyclic amines) is 1. The van der Waals surface area contributed by atoms with E-state index in [1.807, 2.05) is 14.0 Å². The third-order valence-electron chi connectivity index (χ3n) is 4.11. The summed E-state index contributed by atoms with van der Waals surface area (Å²) in [5, 5.41) is 8.12. The van der Waals surface area contributed by atoms with Crippen LogP contribution in [0.4, 0.5) is 0 Å². The van der Waals surface area contributed by atoms with Gasteiger partial charge < -0.3 is 13.9 Å². The van der Waals surface area contributed by atoms with Crippen molar-refractivity contribution in [3.8, 4) is 11.6 Å². The number of aromatic nitrogens is 4. The summed E-state index contributed by atoms with van der Waals surface area (Å²) in [7, 11) is 1.86. The Kier molecular flexibility index (Phi) is 3.58. The van der Waals surface area contributed by atoms with Gasteiger partial charge in [-0.05, 0) is 6.92 Å². The van der Waals surface area contributed by atoms with Crippen LogP contribution in [0.3, 0.4) is 0 Å². The van der Waals surface area contributed by atoms with E-state index < -0.39 is 16.7 Å². The summed E-state index contributed by atoms with van der Waals surface area (Å²) in [5.74, 6) is -0.0357. The normalized spacial score (nSPS) is 16.8. The fourth-order valence-corrected chi connectivity index (χ4v) is 2.63. The minimum Gasteiger partial charge on any atom is -0.418 e. The number of imidazole rings is 1. The minimum atomic E-state index is -0.681. The first kappa shape index (κ1) is 16.4. The Hall–Kier alpha value is -2.51. The van der Waals surface area contributed by atoms with Crippen LogP contribution in [-0.4, -0.2) is 49.4 Å². The van der Waals surface area contributed by atoms with Gasteiger partial charge in [-0.1, -0.05) is 20.8 Å². The van der Waals surface area contributed by atoms with Gasteiger partial charge in [0.25, 0.3) is 11.8 Å². The third kappa shape index (κ3) is 2.72. The van der Waals surface area contributed by atoms with E-state index in [2.05, 4.69) is 15.2 Å². The van der Waals surface area contributed by atoms with Gasteiger partial charge in [0.15, 0.2) is 0 Å². The number of carbonyl (C=O) groups is 2. The van der Waals surface area contributed by atoms with E-state index in [1.165, 1.54) is 4.90 Å². The van der Waals surface area contributed by atoms with Crippen molar-refractivity contribution >= 4 is 11.7 Å². The molecule has 8 heteroatoms. The molecule has 8 nitrogen and oxygen atoms in total. The zero-order valence-corrected chi connectivity index (χ0v) is 14.5. The molecule has 3 heterocycles. The second-order valence-electron chi connectivity index (χ2n) is 7.64. The van der Waals surface area contributed by atoms with Crippen molar-refractivity contribution in [2.75, 3.05) is 13.1 Å². The molecule has 24 heavy (non-hydrogen) atoms. The van der Waals surface area contributed by atoms with Gasteiger partial charge in [-0.2, -0.15) is 0 Å². The van der Waals surface area contributed by atoms with Gasteiger partial charge in [-0.25, -0.2) is 4.98 Å². The number of nitrogens with zero attached hydrogens (tertiary/aromatic N) is 5. The van der Waals surface area contributed by atoms with Gasteiger partial charge in [-0.15, -0.1) is 10.2 Å². The molecule has 0 atom stereocenters. The summed E-state index contributed by atoms with van der Waals surface area (Å²) in [6.45, 7) is 7.93. The standard InChI is InChI=1S/C16H21N5O3/c1-15(2,3)11(22)13(23)21-7-16(4,8-21)14-19-18-12(24-14)10-6-20(5)9-17-10/h6,9H,7-8H2,1-5H3. The van der Waals surface area contributed by atoms with Gasteiger partial charge in [0, 0.05) is 31.7 Å². The Balaban J connectivity index is 1.71. The van der Waals surface area contributed by atoms with Crippen molar-refractivity contribution in [2.24, 2.45) is 12.5 Å². The molecule has 0 bridgehead atoms. The Morgan fingerprint density at radius 3 is 2.46 bits per heavy atom. The number of Topliss-reactive ketones (excluding diaryl/α,β-unsaturated/α-hetero) is 1. The van der Waals surface area contributed by atoms with Crippen molar-refractivity contribution < 1.29 is 14.0 Å². The number of hydrogen-bond donors (Lipinski definition) is 0. The van der Waals surface area contributed by atoms with E-state index in [1.54, 1.807) is 37.9 Å². The average molecular weight is 331 g/mol. The quantitative estimate of drug-likeness (QED) is 0.784. The SMILES string of the molecule is Cn1cnc(-c2nnc(C3(C)CN(C(=O)C(=O)C(C)(C)C)C3)o2)c1. The van der Waals surface area contributed by atoms with Crippen molar-refractivity contribution in [1.82, 2.24) is 24.6 Å². The van der Waals surface area contributed by atoms with Crippen LogP contribution < -0.4 is 0 Å². The van der Waals surface area contributed by atoms with Crippen LogP contribution in [0, 0.1) is 5.41 Å². The Morgan fingerprint density at radius 2 is 1.92 bits per heavy atom.